The van der Waals surface area contributed by atoms with E-state index in [-0.39, 0.29) is 11.0 Å². The van der Waals surface area contributed by atoms with Gasteiger partial charge in [-0.25, -0.2) is 0 Å². The minimum absolute atomic E-state index is 0.00112. The smallest absolute Gasteiger partial charge is 0.110 e. The Morgan fingerprint density at radius 1 is 0.889 bits per heavy atom. The summed E-state index contributed by atoms with van der Waals surface area (Å²) in [6.45, 7) is 14.3. The van der Waals surface area contributed by atoms with Crippen LogP contribution in [0, 0.1) is 20.8 Å². The Morgan fingerprint density at radius 2 is 1.48 bits per heavy atom. The third-order valence-electron chi connectivity index (χ3n) is 6.77. The Morgan fingerprint density at radius 3 is 1.96 bits per heavy atom. The minimum atomic E-state index is 0.00112. The normalized spacial score (nSPS) is 19.6. The second kappa shape index (κ2) is 7.64. The van der Waals surface area contributed by atoms with Crippen LogP contribution in [-0.4, -0.2) is 12.2 Å². The van der Waals surface area contributed by atoms with Crippen molar-refractivity contribution >= 4 is 6.08 Å². The molecule has 2 aromatic carbocycles. The van der Waals surface area contributed by atoms with E-state index in [2.05, 4.69) is 90.1 Å². The van der Waals surface area contributed by atoms with Crippen LogP contribution in [0.1, 0.15) is 73.4 Å². The molecule has 1 aliphatic rings. The molecule has 0 radical (unpaired) electrons. The van der Waals surface area contributed by atoms with Crippen LogP contribution in [-0.2, 0) is 10.2 Å². The molecule has 2 aromatic rings. The highest BCUT2D eigenvalue weighted by Crippen LogP contribution is 2.40. The quantitative estimate of drug-likeness (QED) is 0.487. The summed E-state index contributed by atoms with van der Waals surface area (Å²) in [6.07, 6.45) is 7.74. The van der Waals surface area contributed by atoms with Crippen LogP contribution < -0.4 is 0 Å². The zero-order valence-electron chi connectivity index (χ0n) is 17.9. The molecule has 1 heteroatoms. The van der Waals surface area contributed by atoms with Crippen LogP contribution in [0.25, 0.3) is 6.08 Å². The highest BCUT2D eigenvalue weighted by atomic mass is 16.6. The maximum Gasteiger partial charge on any atom is 0.110 e. The van der Waals surface area contributed by atoms with Gasteiger partial charge in [0, 0.05) is 5.41 Å². The topological polar surface area (TPSA) is 12.5 Å². The second-order valence-electron chi connectivity index (χ2n) is 8.20. The Kier molecular flexibility index (Phi) is 5.63. The van der Waals surface area contributed by atoms with Crippen molar-refractivity contribution in [3.63, 3.8) is 0 Å². The lowest BCUT2D eigenvalue weighted by molar-refractivity contribution is 0.345. The van der Waals surface area contributed by atoms with E-state index in [0.717, 1.165) is 25.9 Å². The number of ether oxygens (including phenoxy) is 1. The first-order chi connectivity index (χ1) is 12.9. The molecule has 27 heavy (non-hydrogen) atoms. The lowest BCUT2D eigenvalue weighted by Crippen LogP contribution is -2.26. The van der Waals surface area contributed by atoms with E-state index < -0.39 is 0 Å². The molecule has 1 fully saturated rings. The lowest BCUT2D eigenvalue weighted by atomic mass is 9.69. The first kappa shape index (κ1) is 19.9. The molecule has 0 saturated carbocycles. The van der Waals surface area contributed by atoms with Crippen molar-refractivity contribution in [1.29, 1.82) is 0 Å². The summed E-state index contributed by atoms with van der Waals surface area (Å²) in [6, 6.07) is 14.0. The van der Waals surface area contributed by atoms with Gasteiger partial charge in [-0.15, -0.1) is 0 Å². The van der Waals surface area contributed by atoms with Crippen molar-refractivity contribution in [3.05, 3.63) is 75.9 Å². The molecular formula is C26H34O. The molecule has 0 amide bonds. The molecule has 1 saturated heterocycles. The standard InChI is InChI=1S/C26H34O/c1-7-25(18-27-25)15-14-22-11-13-24(17-21(22)6)26(8-2,9-3)23-12-10-19(4)20(5)16-23/h10-17H,7-9,18H2,1-6H3/b15-14+. The predicted molar refractivity (Wildman–Crippen MR) is 116 cm³/mol. The van der Waals surface area contributed by atoms with Gasteiger partial charge >= 0.3 is 0 Å². The number of benzene rings is 2. The number of epoxide rings is 1. The van der Waals surface area contributed by atoms with Crippen LogP contribution in [0.4, 0.5) is 0 Å². The summed E-state index contributed by atoms with van der Waals surface area (Å²) in [5.74, 6) is 0. The number of aryl methyl sites for hydroxylation is 3. The van der Waals surface area contributed by atoms with E-state index >= 15 is 0 Å². The average Bonchev–Trinajstić information content (AvgIpc) is 3.46. The first-order valence-corrected chi connectivity index (χ1v) is 10.4. The van der Waals surface area contributed by atoms with Gasteiger partial charge in [-0.3, -0.25) is 0 Å². The van der Waals surface area contributed by atoms with Crippen molar-refractivity contribution < 1.29 is 4.74 Å². The van der Waals surface area contributed by atoms with Crippen molar-refractivity contribution in [2.45, 2.75) is 71.8 Å². The van der Waals surface area contributed by atoms with Crippen LogP contribution in [0.2, 0.25) is 0 Å². The van der Waals surface area contributed by atoms with Gasteiger partial charge < -0.3 is 4.74 Å². The predicted octanol–water partition coefficient (Wildman–Crippen LogP) is 6.91. The van der Waals surface area contributed by atoms with Crippen molar-refractivity contribution in [1.82, 2.24) is 0 Å². The molecule has 1 heterocycles. The summed E-state index contributed by atoms with van der Waals surface area (Å²) in [5, 5.41) is 0. The van der Waals surface area contributed by atoms with Crippen LogP contribution in [0.3, 0.4) is 0 Å². The van der Waals surface area contributed by atoms with Gasteiger partial charge in [-0.1, -0.05) is 63.2 Å². The van der Waals surface area contributed by atoms with Gasteiger partial charge in [0.25, 0.3) is 0 Å². The highest BCUT2D eigenvalue weighted by Gasteiger charge is 2.39. The SMILES string of the molecule is CCC1(/C=C/c2ccc(C(CC)(CC)c3ccc(C)c(C)c3)cc2C)CO1. The zero-order chi connectivity index (χ0) is 19.7. The number of hydrogen-bond donors (Lipinski definition) is 0. The largest absolute Gasteiger partial charge is 0.365 e. The summed E-state index contributed by atoms with van der Waals surface area (Å²) < 4.78 is 5.61. The molecule has 1 unspecified atom stereocenters. The number of hydrogen-bond acceptors (Lipinski definition) is 1. The van der Waals surface area contributed by atoms with E-state index in [4.69, 9.17) is 4.74 Å². The van der Waals surface area contributed by atoms with Crippen molar-refractivity contribution in [2.24, 2.45) is 0 Å². The van der Waals surface area contributed by atoms with Gasteiger partial charge in [-0.05, 0) is 79.5 Å². The molecule has 1 aliphatic heterocycles. The summed E-state index contributed by atoms with van der Waals surface area (Å²) in [5.41, 5.74) is 8.33. The molecule has 3 rings (SSSR count). The Balaban J connectivity index is 1.98. The first-order valence-electron chi connectivity index (χ1n) is 10.4. The fourth-order valence-corrected chi connectivity index (χ4v) is 4.19. The zero-order valence-corrected chi connectivity index (χ0v) is 17.9. The lowest BCUT2D eigenvalue weighted by Gasteiger charge is -2.34. The van der Waals surface area contributed by atoms with E-state index in [1.54, 1.807) is 0 Å². The van der Waals surface area contributed by atoms with Gasteiger partial charge in [0.2, 0.25) is 0 Å². The molecule has 0 spiro atoms. The molecular weight excluding hydrogens is 328 g/mol. The summed E-state index contributed by atoms with van der Waals surface area (Å²) in [4.78, 5) is 0. The Bertz CT molecular complexity index is 835. The maximum atomic E-state index is 5.61. The Hall–Kier alpha value is -1.86. The van der Waals surface area contributed by atoms with Gasteiger partial charge in [0.1, 0.15) is 5.60 Å². The third kappa shape index (κ3) is 3.75. The molecule has 1 atom stereocenters. The maximum absolute atomic E-state index is 5.61. The highest BCUT2D eigenvalue weighted by molar-refractivity contribution is 5.57. The summed E-state index contributed by atoms with van der Waals surface area (Å²) in [7, 11) is 0. The fourth-order valence-electron chi connectivity index (χ4n) is 4.19. The van der Waals surface area contributed by atoms with E-state index in [1.807, 2.05) is 0 Å². The summed E-state index contributed by atoms with van der Waals surface area (Å²) >= 11 is 0. The van der Waals surface area contributed by atoms with E-state index in [0.29, 0.717) is 0 Å². The van der Waals surface area contributed by atoms with E-state index in [9.17, 15) is 0 Å². The van der Waals surface area contributed by atoms with Crippen molar-refractivity contribution in [3.8, 4) is 0 Å². The van der Waals surface area contributed by atoms with Crippen LogP contribution in [0.15, 0.2) is 42.5 Å². The van der Waals surface area contributed by atoms with Gasteiger partial charge in [0.05, 0.1) is 6.61 Å². The van der Waals surface area contributed by atoms with Crippen molar-refractivity contribution in [2.75, 3.05) is 6.61 Å². The molecule has 0 aromatic heterocycles. The molecule has 1 nitrogen and oxygen atoms in total. The van der Waals surface area contributed by atoms with Gasteiger partial charge in [-0.2, -0.15) is 0 Å². The number of rotatable bonds is 7. The Labute approximate surface area is 165 Å². The molecule has 0 N–H and O–H groups in total. The minimum Gasteiger partial charge on any atom is -0.365 e. The van der Waals surface area contributed by atoms with Gasteiger partial charge in [0.15, 0.2) is 0 Å². The second-order valence-corrected chi connectivity index (χ2v) is 8.20. The third-order valence-corrected chi connectivity index (χ3v) is 6.77. The van der Waals surface area contributed by atoms with Crippen LogP contribution >= 0.6 is 0 Å². The average molecular weight is 363 g/mol. The molecule has 0 aliphatic carbocycles. The van der Waals surface area contributed by atoms with Crippen LogP contribution in [0.5, 0.6) is 0 Å². The fraction of sp³-hybridized carbons (Fsp3) is 0.462. The molecule has 144 valence electrons. The monoisotopic (exact) mass is 362 g/mol. The van der Waals surface area contributed by atoms with E-state index in [1.165, 1.54) is 33.4 Å². The molecule has 0 bridgehead atoms.